The van der Waals surface area contributed by atoms with Gasteiger partial charge in [0.1, 0.15) is 0 Å². The van der Waals surface area contributed by atoms with Crippen molar-refractivity contribution < 1.29 is 15.0 Å². The number of nitrogens with zero attached hydrogens (tertiary/aromatic N) is 1. The standard InChI is InChI=1S/C15H21NO3/c1-10-5-3-4-6-12(10)16(2)15(19)11-7-8-13(17)14(18)9-11/h7-10,12,17-18H,3-6H2,1-2H3. The first-order valence-electron chi connectivity index (χ1n) is 6.80. The van der Waals surface area contributed by atoms with Gasteiger partial charge in [-0.3, -0.25) is 4.79 Å². The lowest BCUT2D eigenvalue weighted by molar-refractivity contribution is 0.0628. The molecule has 0 radical (unpaired) electrons. The Morgan fingerprint density at radius 1 is 1.21 bits per heavy atom. The monoisotopic (exact) mass is 263 g/mol. The summed E-state index contributed by atoms with van der Waals surface area (Å²) in [7, 11) is 1.82. The van der Waals surface area contributed by atoms with Crippen molar-refractivity contribution in [3.8, 4) is 11.5 Å². The SMILES string of the molecule is CC1CCCCC1N(C)C(=O)c1ccc(O)c(O)c1. The topological polar surface area (TPSA) is 60.8 Å². The Balaban J connectivity index is 2.15. The number of phenols is 2. The summed E-state index contributed by atoms with van der Waals surface area (Å²) in [5.74, 6) is -0.0522. The Kier molecular flexibility index (Phi) is 3.98. The lowest BCUT2D eigenvalue weighted by Gasteiger charge is -2.36. The Labute approximate surface area is 113 Å². The van der Waals surface area contributed by atoms with Crippen molar-refractivity contribution in [2.45, 2.75) is 38.6 Å². The van der Waals surface area contributed by atoms with Crippen LogP contribution in [0.5, 0.6) is 11.5 Å². The molecule has 19 heavy (non-hydrogen) atoms. The lowest BCUT2D eigenvalue weighted by Crippen LogP contribution is -2.42. The summed E-state index contributed by atoms with van der Waals surface area (Å²) in [5, 5.41) is 18.8. The number of carbonyl (C=O) groups excluding carboxylic acids is 1. The van der Waals surface area contributed by atoms with E-state index in [2.05, 4.69) is 6.92 Å². The zero-order valence-electron chi connectivity index (χ0n) is 11.5. The van der Waals surface area contributed by atoms with Crippen LogP contribution < -0.4 is 0 Å². The predicted molar refractivity (Wildman–Crippen MR) is 73.3 cm³/mol. The third-order valence-corrected chi connectivity index (χ3v) is 4.11. The molecular weight excluding hydrogens is 242 g/mol. The molecule has 0 saturated heterocycles. The van der Waals surface area contributed by atoms with Gasteiger partial charge in [-0.15, -0.1) is 0 Å². The number of carbonyl (C=O) groups is 1. The number of rotatable bonds is 2. The van der Waals surface area contributed by atoms with Crippen molar-refractivity contribution in [1.29, 1.82) is 0 Å². The minimum atomic E-state index is -0.254. The van der Waals surface area contributed by atoms with E-state index in [9.17, 15) is 15.0 Å². The zero-order valence-corrected chi connectivity index (χ0v) is 11.5. The quantitative estimate of drug-likeness (QED) is 0.806. The van der Waals surface area contributed by atoms with Gasteiger partial charge in [0.2, 0.25) is 0 Å². The van der Waals surface area contributed by atoms with Crippen LogP contribution in [0.3, 0.4) is 0 Å². The van der Waals surface area contributed by atoms with Crippen LogP contribution in [0.4, 0.5) is 0 Å². The summed E-state index contributed by atoms with van der Waals surface area (Å²) < 4.78 is 0. The summed E-state index contributed by atoms with van der Waals surface area (Å²) in [6.07, 6.45) is 4.59. The number of phenolic OH excluding ortho intramolecular Hbond substituents is 2. The Hall–Kier alpha value is -1.71. The third-order valence-electron chi connectivity index (χ3n) is 4.11. The van der Waals surface area contributed by atoms with Crippen LogP contribution in [-0.4, -0.2) is 34.1 Å². The molecule has 1 amide bonds. The largest absolute Gasteiger partial charge is 0.504 e. The smallest absolute Gasteiger partial charge is 0.253 e. The molecule has 1 aliphatic carbocycles. The number of aromatic hydroxyl groups is 2. The average Bonchev–Trinajstić information content (AvgIpc) is 2.41. The van der Waals surface area contributed by atoms with Crippen molar-refractivity contribution in [2.75, 3.05) is 7.05 Å². The van der Waals surface area contributed by atoms with E-state index in [1.165, 1.54) is 18.6 Å². The van der Waals surface area contributed by atoms with Crippen molar-refractivity contribution in [1.82, 2.24) is 4.90 Å². The van der Waals surface area contributed by atoms with Crippen LogP contribution in [0, 0.1) is 5.92 Å². The van der Waals surface area contributed by atoms with Crippen molar-refractivity contribution in [3.63, 3.8) is 0 Å². The van der Waals surface area contributed by atoms with Gasteiger partial charge in [0.05, 0.1) is 0 Å². The van der Waals surface area contributed by atoms with Crippen molar-refractivity contribution in [2.24, 2.45) is 5.92 Å². The molecule has 104 valence electrons. The van der Waals surface area contributed by atoms with Gasteiger partial charge < -0.3 is 15.1 Å². The third kappa shape index (κ3) is 2.83. The molecule has 2 N–H and O–H groups in total. The number of amides is 1. The van der Waals surface area contributed by atoms with Gasteiger partial charge >= 0.3 is 0 Å². The highest BCUT2D eigenvalue weighted by Crippen LogP contribution is 2.30. The van der Waals surface area contributed by atoms with Crippen LogP contribution >= 0.6 is 0 Å². The first-order chi connectivity index (χ1) is 9.00. The fourth-order valence-corrected chi connectivity index (χ4v) is 2.88. The van der Waals surface area contributed by atoms with Gasteiger partial charge in [0.25, 0.3) is 5.91 Å². The van der Waals surface area contributed by atoms with Gasteiger partial charge in [-0.2, -0.15) is 0 Å². The Bertz CT molecular complexity index is 472. The van der Waals surface area contributed by atoms with E-state index >= 15 is 0 Å². The summed E-state index contributed by atoms with van der Waals surface area (Å²) in [4.78, 5) is 14.2. The van der Waals surface area contributed by atoms with E-state index in [0.717, 1.165) is 19.3 Å². The molecule has 0 bridgehead atoms. The Morgan fingerprint density at radius 3 is 2.53 bits per heavy atom. The molecule has 4 nitrogen and oxygen atoms in total. The van der Waals surface area contributed by atoms with E-state index in [4.69, 9.17) is 0 Å². The molecule has 2 rings (SSSR count). The number of hydrogen-bond acceptors (Lipinski definition) is 3. The molecule has 1 aliphatic rings. The van der Waals surface area contributed by atoms with Crippen LogP contribution in [0.15, 0.2) is 18.2 Å². The van der Waals surface area contributed by atoms with Gasteiger partial charge in [-0.05, 0) is 37.0 Å². The van der Waals surface area contributed by atoms with Crippen LogP contribution in [0.2, 0.25) is 0 Å². The molecule has 0 spiro atoms. The summed E-state index contributed by atoms with van der Waals surface area (Å²) >= 11 is 0. The maximum absolute atomic E-state index is 12.4. The van der Waals surface area contributed by atoms with Crippen molar-refractivity contribution >= 4 is 5.91 Å². The fraction of sp³-hybridized carbons (Fsp3) is 0.533. The number of benzene rings is 1. The normalized spacial score (nSPS) is 23.1. The molecule has 1 saturated carbocycles. The van der Waals surface area contributed by atoms with Gasteiger partial charge in [0, 0.05) is 18.7 Å². The molecule has 1 aromatic carbocycles. The average molecular weight is 263 g/mol. The number of hydrogen-bond donors (Lipinski definition) is 2. The van der Waals surface area contributed by atoms with E-state index in [1.807, 2.05) is 7.05 Å². The maximum atomic E-state index is 12.4. The molecule has 1 aromatic rings. The Morgan fingerprint density at radius 2 is 1.89 bits per heavy atom. The highest BCUT2D eigenvalue weighted by molar-refractivity contribution is 5.95. The van der Waals surface area contributed by atoms with Gasteiger partial charge in [-0.25, -0.2) is 0 Å². The molecule has 0 aliphatic heterocycles. The molecular formula is C15H21NO3. The molecule has 1 fully saturated rings. The van der Waals surface area contributed by atoms with Crippen molar-refractivity contribution in [3.05, 3.63) is 23.8 Å². The van der Waals surface area contributed by atoms with E-state index < -0.39 is 0 Å². The molecule has 2 atom stereocenters. The molecule has 0 aromatic heterocycles. The van der Waals surface area contributed by atoms with E-state index in [-0.39, 0.29) is 23.4 Å². The van der Waals surface area contributed by atoms with Crippen LogP contribution in [0.25, 0.3) is 0 Å². The second kappa shape index (κ2) is 5.51. The van der Waals surface area contributed by atoms with Gasteiger partial charge in [-0.1, -0.05) is 19.8 Å². The minimum Gasteiger partial charge on any atom is -0.504 e. The first kappa shape index (κ1) is 13.7. The molecule has 4 heteroatoms. The second-order valence-corrected chi connectivity index (χ2v) is 5.45. The second-order valence-electron chi connectivity index (χ2n) is 5.45. The maximum Gasteiger partial charge on any atom is 0.253 e. The zero-order chi connectivity index (χ0) is 14.0. The molecule has 2 unspecified atom stereocenters. The summed E-state index contributed by atoms with van der Waals surface area (Å²) in [6.45, 7) is 2.18. The van der Waals surface area contributed by atoms with E-state index in [1.54, 1.807) is 11.0 Å². The van der Waals surface area contributed by atoms with E-state index in [0.29, 0.717) is 11.5 Å². The van der Waals surface area contributed by atoms with Gasteiger partial charge in [0.15, 0.2) is 11.5 Å². The predicted octanol–water partition coefficient (Wildman–Crippen LogP) is 2.75. The lowest BCUT2D eigenvalue weighted by atomic mass is 9.85. The summed E-state index contributed by atoms with van der Waals surface area (Å²) in [6, 6.07) is 4.47. The highest BCUT2D eigenvalue weighted by Gasteiger charge is 2.28. The molecule has 0 heterocycles. The van der Waals surface area contributed by atoms with Crippen LogP contribution in [-0.2, 0) is 0 Å². The first-order valence-corrected chi connectivity index (χ1v) is 6.80. The minimum absolute atomic E-state index is 0.103. The highest BCUT2D eigenvalue weighted by atomic mass is 16.3. The summed E-state index contributed by atoms with van der Waals surface area (Å²) in [5.41, 5.74) is 0.413. The van der Waals surface area contributed by atoms with Crippen LogP contribution in [0.1, 0.15) is 43.0 Å². The fourth-order valence-electron chi connectivity index (χ4n) is 2.88.